The lowest BCUT2D eigenvalue weighted by Crippen LogP contribution is -2.11. The Bertz CT molecular complexity index is 1660. The predicted molar refractivity (Wildman–Crippen MR) is 124 cm³/mol. The molecule has 1 amide bonds. The van der Waals surface area contributed by atoms with Crippen molar-refractivity contribution in [1.29, 1.82) is 0 Å². The zero-order chi connectivity index (χ0) is 25.6. The first-order chi connectivity index (χ1) is 17.3. The number of benzene rings is 3. The molecule has 2 heterocycles. The molecule has 36 heavy (non-hydrogen) atoms. The maximum Gasteiger partial charge on any atom is 0.341 e. The van der Waals surface area contributed by atoms with Gasteiger partial charge in [-0.25, -0.2) is 18.0 Å². The van der Waals surface area contributed by atoms with Crippen molar-refractivity contribution in [3.8, 4) is 17.1 Å². The van der Waals surface area contributed by atoms with E-state index in [-0.39, 0.29) is 23.4 Å². The highest BCUT2D eigenvalue weighted by molar-refractivity contribution is 6.20. The summed E-state index contributed by atoms with van der Waals surface area (Å²) in [6.45, 7) is -0.925. The number of furan rings is 1. The van der Waals surface area contributed by atoms with Crippen LogP contribution in [0.2, 0.25) is 0 Å². The molecule has 0 bridgehead atoms. The van der Waals surface area contributed by atoms with Gasteiger partial charge in [-0.15, -0.1) is 0 Å². The molecule has 10 heteroatoms. The molecule has 7 nitrogen and oxygen atoms in total. The minimum atomic E-state index is -1.60. The van der Waals surface area contributed by atoms with Gasteiger partial charge in [-0.1, -0.05) is 12.1 Å². The Labute approximate surface area is 201 Å². The lowest BCUT2D eigenvalue weighted by atomic mass is 10.0. The van der Waals surface area contributed by atoms with E-state index in [2.05, 4.69) is 0 Å². The van der Waals surface area contributed by atoms with Crippen LogP contribution in [0.5, 0.6) is 5.75 Å². The number of carbonyl (C=O) groups is 2. The quantitative estimate of drug-likeness (QED) is 0.307. The van der Waals surface area contributed by atoms with Crippen molar-refractivity contribution in [3.05, 3.63) is 89.4 Å². The molecule has 3 aromatic carbocycles. The number of hydrogen-bond acceptors (Lipinski definition) is 4. The number of aliphatic carboxylic acids is 1. The SMILES string of the molecule is NC(=O)c1cccc2c1c1c(OCC(=O)O)cc(-c3ccco3)cc1n2Cc1ccc(F)c(F)c1F. The zero-order valence-corrected chi connectivity index (χ0v) is 18.4. The second-order valence-electron chi connectivity index (χ2n) is 8.01. The van der Waals surface area contributed by atoms with E-state index in [1.54, 1.807) is 41.0 Å². The number of hydrogen-bond donors (Lipinski definition) is 2. The molecule has 5 aromatic rings. The van der Waals surface area contributed by atoms with Gasteiger partial charge in [0.2, 0.25) is 5.91 Å². The molecule has 0 unspecified atom stereocenters. The summed E-state index contributed by atoms with van der Waals surface area (Å²) in [7, 11) is 0. The average Bonchev–Trinajstić information content (AvgIpc) is 3.50. The Morgan fingerprint density at radius 3 is 2.47 bits per heavy atom. The molecule has 0 saturated heterocycles. The molecule has 0 aliphatic heterocycles. The molecule has 0 atom stereocenters. The second kappa shape index (κ2) is 8.81. The largest absolute Gasteiger partial charge is 0.481 e. The van der Waals surface area contributed by atoms with Crippen LogP contribution in [-0.2, 0) is 11.3 Å². The first-order valence-corrected chi connectivity index (χ1v) is 10.7. The number of carboxylic acids is 1. The summed E-state index contributed by atoms with van der Waals surface area (Å²) in [4.78, 5) is 23.6. The van der Waals surface area contributed by atoms with Gasteiger partial charge in [-0.3, -0.25) is 4.79 Å². The van der Waals surface area contributed by atoms with Crippen LogP contribution in [0.1, 0.15) is 15.9 Å². The monoisotopic (exact) mass is 494 g/mol. The number of nitrogens with zero attached hydrogens (tertiary/aromatic N) is 1. The minimum absolute atomic E-state index is 0.115. The highest BCUT2D eigenvalue weighted by Crippen LogP contribution is 2.41. The van der Waals surface area contributed by atoms with Crippen LogP contribution in [0.4, 0.5) is 13.2 Å². The van der Waals surface area contributed by atoms with E-state index in [0.29, 0.717) is 33.1 Å². The van der Waals surface area contributed by atoms with Gasteiger partial charge in [0.15, 0.2) is 24.1 Å². The molecule has 5 rings (SSSR count). The van der Waals surface area contributed by atoms with Crippen molar-refractivity contribution in [2.75, 3.05) is 6.61 Å². The fourth-order valence-electron chi connectivity index (χ4n) is 4.29. The Hall–Kier alpha value is -4.73. The third-order valence-electron chi connectivity index (χ3n) is 5.82. The van der Waals surface area contributed by atoms with Gasteiger partial charge in [0.05, 0.1) is 29.2 Å². The number of aromatic nitrogens is 1. The highest BCUT2D eigenvalue weighted by Gasteiger charge is 2.23. The van der Waals surface area contributed by atoms with Crippen LogP contribution in [0.25, 0.3) is 33.1 Å². The number of fused-ring (bicyclic) bond motifs is 3. The molecule has 3 N–H and O–H groups in total. The van der Waals surface area contributed by atoms with Crippen LogP contribution in [0.15, 0.2) is 65.3 Å². The molecule has 182 valence electrons. The van der Waals surface area contributed by atoms with Crippen molar-refractivity contribution in [3.63, 3.8) is 0 Å². The summed E-state index contributed by atoms with van der Waals surface area (Å²) in [5, 5.41) is 9.89. The molecule has 0 aliphatic rings. The fourth-order valence-corrected chi connectivity index (χ4v) is 4.29. The summed E-state index contributed by atoms with van der Waals surface area (Å²) in [6, 6.07) is 13.3. The molecule has 2 aromatic heterocycles. The van der Waals surface area contributed by atoms with Crippen LogP contribution in [0, 0.1) is 17.5 Å². The Balaban J connectivity index is 1.87. The van der Waals surface area contributed by atoms with Gasteiger partial charge in [-0.2, -0.15) is 0 Å². The third-order valence-corrected chi connectivity index (χ3v) is 5.82. The second-order valence-corrected chi connectivity index (χ2v) is 8.01. The van der Waals surface area contributed by atoms with Gasteiger partial charge in [0.1, 0.15) is 11.5 Å². The van der Waals surface area contributed by atoms with Crippen LogP contribution in [0.3, 0.4) is 0 Å². The number of carbonyl (C=O) groups excluding carboxylic acids is 1. The smallest absolute Gasteiger partial charge is 0.341 e. The summed E-state index contributed by atoms with van der Waals surface area (Å²) in [6.07, 6.45) is 1.45. The molecule has 0 saturated carbocycles. The van der Waals surface area contributed by atoms with Crippen molar-refractivity contribution >= 4 is 33.7 Å². The third kappa shape index (κ3) is 3.82. The molecule has 0 spiro atoms. The first-order valence-electron chi connectivity index (χ1n) is 10.7. The number of amides is 1. The summed E-state index contributed by atoms with van der Waals surface area (Å²) in [5.41, 5.74) is 6.92. The maximum absolute atomic E-state index is 14.6. The highest BCUT2D eigenvalue weighted by atomic mass is 19.2. The van der Waals surface area contributed by atoms with Gasteiger partial charge < -0.3 is 24.6 Å². The minimum Gasteiger partial charge on any atom is -0.481 e. The number of primary amides is 1. The van der Waals surface area contributed by atoms with Crippen molar-refractivity contribution in [2.45, 2.75) is 6.54 Å². The van der Waals surface area contributed by atoms with E-state index in [9.17, 15) is 27.9 Å². The Kier molecular flexibility index (Phi) is 5.63. The van der Waals surface area contributed by atoms with Crippen molar-refractivity contribution in [1.82, 2.24) is 4.57 Å². The first kappa shape index (κ1) is 23.0. The lowest BCUT2D eigenvalue weighted by molar-refractivity contribution is -0.139. The van der Waals surface area contributed by atoms with Crippen LogP contribution in [-0.4, -0.2) is 28.2 Å². The molecule has 0 radical (unpaired) electrons. The number of halogens is 3. The number of carboxylic acid groups (broad SMARTS) is 1. The summed E-state index contributed by atoms with van der Waals surface area (Å²) < 4.78 is 54.9. The topological polar surface area (TPSA) is 108 Å². The van der Waals surface area contributed by atoms with Gasteiger partial charge in [0, 0.05) is 22.1 Å². The normalized spacial score (nSPS) is 11.3. The van der Waals surface area contributed by atoms with Crippen LogP contribution >= 0.6 is 0 Å². The molecular formula is C26H17F3N2O5. The van der Waals surface area contributed by atoms with E-state index in [0.717, 1.165) is 12.1 Å². The Morgan fingerprint density at radius 2 is 1.78 bits per heavy atom. The van der Waals surface area contributed by atoms with E-state index in [4.69, 9.17) is 14.9 Å². The average molecular weight is 494 g/mol. The number of nitrogens with two attached hydrogens (primary N) is 1. The molecule has 0 fully saturated rings. The standard InChI is InChI=1S/C26H17F3N2O5/c27-16-7-6-13(24(28)25(16)29)11-31-17-4-1-3-15(26(30)34)22(17)23-18(31)9-14(19-5-2-8-35-19)10-20(23)36-12-21(32)33/h1-10H,11-12H2,(H2,30,34)(H,32,33). The number of ether oxygens (including phenoxy) is 1. The van der Waals surface area contributed by atoms with Gasteiger partial charge >= 0.3 is 5.97 Å². The zero-order valence-electron chi connectivity index (χ0n) is 18.4. The van der Waals surface area contributed by atoms with Gasteiger partial charge in [0.25, 0.3) is 0 Å². The van der Waals surface area contributed by atoms with Crippen LogP contribution < -0.4 is 10.5 Å². The van der Waals surface area contributed by atoms with Gasteiger partial charge in [-0.05, 0) is 42.5 Å². The van der Waals surface area contributed by atoms with Crippen molar-refractivity contribution in [2.24, 2.45) is 5.73 Å². The Morgan fingerprint density at radius 1 is 0.972 bits per heavy atom. The summed E-state index contributed by atoms with van der Waals surface area (Å²) >= 11 is 0. The van der Waals surface area contributed by atoms with E-state index in [1.165, 1.54) is 12.3 Å². The molecular weight excluding hydrogens is 477 g/mol. The molecule has 0 aliphatic carbocycles. The van der Waals surface area contributed by atoms with E-state index in [1.807, 2.05) is 0 Å². The number of rotatable bonds is 7. The lowest BCUT2D eigenvalue weighted by Gasteiger charge is -2.12. The van der Waals surface area contributed by atoms with E-state index < -0.39 is 35.9 Å². The maximum atomic E-state index is 14.6. The van der Waals surface area contributed by atoms with E-state index >= 15 is 0 Å². The predicted octanol–water partition coefficient (Wildman–Crippen LogP) is 5.08. The fraction of sp³-hybridized carbons (Fsp3) is 0.0769. The summed E-state index contributed by atoms with van der Waals surface area (Å²) in [5.74, 6) is -5.70. The van der Waals surface area contributed by atoms with Crippen molar-refractivity contribution < 1.29 is 37.0 Å².